The van der Waals surface area contributed by atoms with Gasteiger partial charge in [0.25, 0.3) is 0 Å². The smallest absolute Gasteiger partial charge is 0.151 e. The van der Waals surface area contributed by atoms with E-state index in [0.717, 1.165) is 56.6 Å². The average Bonchev–Trinajstić information content (AvgIpc) is 3.34. The Labute approximate surface area is 197 Å². The molecule has 1 aromatic heterocycles. The summed E-state index contributed by atoms with van der Waals surface area (Å²) in [6.45, 7) is 2.82. The molecule has 0 amide bonds. The minimum atomic E-state index is -1.11. The molecule has 33 heavy (non-hydrogen) atoms. The van der Waals surface area contributed by atoms with Crippen LogP contribution in [0.3, 0.4) is 0 Å². The molecule has 3 aromatic rings. The molecule has 1 heterocycles. The molecule has 4 rings (SSSR count). The summed E-state index contributed by atoms with van der Waals surface area (Å²) in [5.74, 6) is 0.921. The Bertz CT molecular complexity index is 954. The van der Waals surface area contributed by atoms with E-state index in [1.807, 2.05) is 49.5 Å². The lowest BCUT2D eigenvalue weighted by molar-refractivity contribution is -0.00681. The predicted octanol–water partition coefficient (Wildman–Crippen LogP) is 5.18. The summed E-state index contributed by atoms with van der Waals surface area (Å²) in [4.78, 5) is 2.16. The van der Waals surface area contributed by atoms with E-state index in [0.29, 0.717) is 18.8 Å². The molecule has 1 fully saturated rings. The fourth-order valence-corrected chi connectivity index (χ4v) is 4.87. The monoisotopic (exact) mass is 448 g/mol. The third-order valence-corrected chi connectivity index (χ3v) is 6.78. The number of nitrogens with zero attached hydrogens (tertiary/aromatic N) is 2. The SMILES string of the molecule is CN(CCOCCc1ccccc1)Cc1cc(C(O)(c2ccccc2)C2CCCCC2)no1. The Morgan fingerprint density at radius 2 is 1.70 bits per heavy atom. The first-order valence-corrected chi connectivity index (χ1v) is 12.2. The summed E-state index contributed by atoms with van der Waals surface area (Å²) in [7, 11) is 2.05. The minimum Gasteiger partial charge on any atom is -0.380 e. The van der Waals surface area contributed by atoms with Gasteiger partial charge < -0.3 is 14.4 Å². The molecule has 0 spiro atoms. The van der Waals surface area contributed by atoms with Crippen molar-refractivity contribution >= 4 is 0 Å². The Hall–Kier alpha value is -2.47. The number of aliphatic hydroxyl groups is 1. The number of hydrogen-bond acceptors (Lipinski definition) is 5. The third-order valence-electron chi connectivity index (χ3n) is 6.78. The molecule has 0 aliphatic heterocycles. The molecule has 0 saturated heterocycles. The van der Waals surface area contributed by atoms with Crippen molar-refractivity contribution in [1.29, 1.82) is 0 Å². The number of rotatable bonds is 11. The van der Waals surface area contributed by atoms with Gasteiger partial charge in [0.05, 0.1) is 19.8 Å². The molecule has 0 radical (unpaired) electrons. The van der Waals surface area contributed by atoms with Crippen LogP contribution in [-0.2, 0) is 23.3 Å². The first-order chi connectivity index (χ1) is 16.2. The summed E-state index contributed by atoms with van der Waals surface area (Å²) in [5.41, 5.74) is 1.71. The van der Waals surface area contributed by atoms with Crippen LogP contribution in [0.5, 0.6) is 0 Å². The van der Waals surface area contributed by atoms with Gasteiger partial charge in [0.2, 0.25) is 0 Å². The summed E-state index contributed by atoms with van der Waals surface area (Å²) in [5, 5.41) is 16.3. The van der Waals surface area contributed by atoms with Crippen molar-refractivity contribution < 1.29 is 14.4 Å². The second-order valence-corrected chi connectivity index (χ2v) is 9.23. The van der Waals surface area contributed by atoms with Gasteiger partial charge in [-0.25, -0.2) is 0 Å². The molecular formula is C28H36N2O3. The lowest BCUT2D eigenvalue weighted by Crippen LogP contribution is -2.38. The molecule has 5 heteroatoms. The van der Waals surface area contributed by atoms with Gasteiger partial charge in [-0.3, -0.25) is 4.90 Å². The van der Waals surface area contributed by atoms with E-state index in [4.69, 9.17) is 9.26 Å². The Morgan fingerprint density at radius 1 is 1.00 bits per heavy atom. The van der Waals surface area contributed by atoms with Crippen LogP contribution in [0.2, 0.25) is 0 Å². The molecule has 1 aliphatic carbocycles. The van der Waals surface area contributed by atoms with Crippen molar-refractivity contribution in [3.63, 3.8) is 0 Å². The van der Waals surface area contributed by atoms with Gasteiger partial charge in [0, 0.05) is 12.6 Å². The second-order valence-electron chi connectivity index (χ2n) is 9.23. The predicted molar refractivity (Wildman–Crippen MR) is 130 cm³/mol. The summed E-state index contributed by atoms with van der Waals surface area (Å²) < 4.78 is 11.5. The highest BCUT2D eigenvalue weighted by Gasteiger charge is 2.43. The van der Waals surface area contributed by atoms with E-state index in [-0.39, 0.29) is 5.92 Å². The highest BCUT2D eigenvalue weighted by molar-refractivity contribution is 5.33. The molecule has 1 saturated carbocycles. The lowest BCUT2D eigenvalue weighted by atomic mass is 9.71. The van der Waals surface area contributed by atoms with E-state index in [1.165, 1.54) is 12.0 Å². The standard InChI is InChI=1S/C28H36N2O3/c1-30(18-20-32-19-17-23-11-5-2-6-12-23)22-26-21-27(29-33-26)28(31,24-13-7-3-8-14-24)25-15-9-4-10-16-25/h2-3,5-8,11-14,21,25,31H,4,9-10,15-20,22H2,1H3. The van der Waals surface area contributed by atoms with Gasteiger partial charge in [-0.2, -0.15) is 0 Å². The van der Waals surface area contributed by atoms with Crippen LogP contribution in [0.25, 0.3) is 0 Å². The minimum absolute atomic E-state index is 0.155. The average molecular weight is 449 g/mol. The van der Waals surface area contributed by atoms with Crippen LogP contribution in [0.1, 0.15) is 54.7 Å². The molecule has 176 valence electrons. The molecule has 5 nitrogen and oxygen atoms in total. The molecule has 2 aromatic carbocycles. The van der Waals surface area contributed by atoms with Crippen molar-refractivity contribution in [2.75, 3.05) is 26.8 Å². The second kappa shape index (κ2) is 11.6. The van der Waals surface area contributed by atoms with Crippen LogP contribution in [0.4, 0.5) is 0 Å². The molecular weight excluding hydrogens is 412 g/mol. The molecule has 0 bridgehead atoms. The highest BCUT2D eigenvalue weighted by atomic mass is 16.5. The third kappa shape index (κ3) is 6.11. The fraction of sp³-hybridized carbons (Fsp3) is 0.464. The lowest BCUT2D eigenvalue weighted by Gasteiger charge is -2.37. The van der Waals surface area contributed by atoms with E-state index in [1.54, 1.807) is 0 Å². The summed E-state index contributed by atoms with van der Waals surface area (Å²) in [6, 6.07) is 22.3. The summed E-state index contributed by atoms with van der Waals surface area (Å²) in [6.07, 6.45) is 6.48. The van der Waals surface area contributed by atoms with Crippen molar-refractivity contribution in [3.05, 3.63) is 89.3 Å². The van der Waals surface area contributed by atoms with Crippen LogP contribution in [-0.4, -0.2) is 42.0 Å². The van der Waals surface area contributed by atoms with E-state index < -0.39 is 5.60 Å². The number of benzene rings is 2. The van der Waals surface area contributed by atoms with E-state index >= 15 is 0 Å². The Balaban J connectivity index is 1.33. The highest BCUT2D eigenvalue weighted by Crippen LogP contribution is 2.43. The fourth-order valence-electron chi connectivity index (χ4n) is 4.87. The van der Waals surface area contributed by atoms with Gasteiger partial charge >= 0.3 is 0 Å². The van der Waals surface area contributed by atoms with Gasteiger partial charge in [0.15, 0.2) is 5.76 Å². The van der Waals surface area contributed by atoms with Crippen molar-refractivity contribution in [1.82, 2.24) is 10.1 Å². The molecule has 1 atom stereocenters. The zero-order chi connectivity index (χ0) is 22.9. The normalized spacial score (nSPS) is 16.7. The number of likely N-dealkylation sites (N-methyl/N-ethyl adjacent to an activating group) is 1. The van der Waals surface area contributed by atoms with Crippen molar-refractivity contribution in [2.45, 2.75) is 50.7 Å². The van der Waals surface area contributed by atoms with Gasteiger partial charge in [-0.1, -0.05) is 85.1 Å². The van der Waals surface area contributed by atoms with Crippen molar-refractivity contribution in [3.8, 4) is 0 Å². The quantitative estimate of drug-likeness (QED) is 0.410. The molecule has 1 aliphatic rings. The van der Waals surface area contributed by atoms with Crippen LogP contribution in [0, 0.1) is 5.92 Å². The first-order valence-electron chi connectivity index (χ1n) is 12.2. The first kappa shape index (κ1) is 23.7. The van der Waals surface area contributed by atoms with Crippen LogP contribution >= 0.6 is 0 Å². The largest absolute Gasteiger partial charge is 0.380 e. The molecule has 1 N–H and O–H groups in total. The summed E-state index contributed by atoms with van der Waals surface area (Å²) >= 11 is 0. The maximum atomic E-state index is 12.0. The van der Waals surface area contributed by atoms with Gasteiger partial charge in [-0.15, -0.1) is 0 Å². The Morgan fingerprint density at radius 3 is 2.42 bits per heavy atom. The van der Waals surface area contributed by atoms with E-state index in [9.17, 15) is 5.11 Å². The van der Waals surface area contributed by atoms with Gasteiger partial charge in [0.1, 0.15) is 11.3 Å². The maximum Gasteiger partial charge on any atom is 0.151 e. The van der Waals surface area contributed by atoms with Crippen LogP contribution < -0.4 is 0 Å². The number of hydrogen-bond donors (Lipinski definition) is 1. The zero-order valence-electron chi connectivity index (χ0n) is 19.7. The number of ether oxygens (including phenoxy) is 1. The van der Waals surface area contributed by atoms with Crippen molar-refractivity contribution in [2.24, 2.45) is 5.92 Å². The van der Waals surface area contributed by atoms with Crippen LogP contribution in [0.15, 0.2) is 71.3 Å². The van der Waals surface area contributed by atoms with E-state index in [2.05, 4.69) is 34.3 Å². The number of aromatic nitrogens is 1. The maximum absolute atomic E-state index is 12.0. The topological polar surface area (TPSA) is 58.7 Å². The zero-order valence-corrected chi connectivity index (χ0v) is 19.7. The molecule has 1 unspecified atom stereocenters. The van der Waals surface area contributed by atoms with Gasteiger partial charge in [-0.05, 0) is 43.4 Å². The Kier molecular flexibility index (Phi) is 8.32.